The van der Waals surface area contributed by atoms with Gasteiger partial charge in [0.05, 0.1) is 17.7 Å². The summed E-state index contributed by atoms with van der Waals surface area (Å²) in [6.07, 6.45) is 4.19. The molecule has 1 atom stereocenters. The molecule has 2 amide bonds. The van der Waals surface area contributed by atoms with Crippen molar-refractivity contribution in [2.45, 2.75) is 16.9 Å². The zero-order chi connectivity index (χ0) is 25.8. The molecule has 0 radical (unpaired) electrons. The molecule has 8 nitrogen and oxygen atoms in total. The van der Waals surface area contributed by atoms with Gasteiger partial charge < -0.3 is 10.1 Å². The highest BCUT2D eigenvalue weighted by atomic mass is 127. The minimum atomic E-state index is -0.643. The molecule has 1 aliphatic heterocycles. The van der Waals surface area contributed by atoms with E-state index in [9.17, 15) is 9.59 Å². The Balaban J connectivity index is 1.50. The Hall–Kier alpha value is -3.64. The molecular formula is C27H22IN5O3S. The normalized spacial score (nSPS) is 14.5. The number of benzene rings is 2. The second-order valence-corrected chi connectivity index (χ2v) is 10.4. The van der Waals surface area contributed by atoms with Gasteiger partial charge in [0, 0.05) is 44.7 Å². The topological polar surface area (TPSA) is 96.5 Å². The first-order chi connectivity index (χ1) is 18.0. The largest absolute Gasteiger partial charge is 0.496 e. The smallest absolute Gasteiger partial charge is 0.276 e. The van der Waals surface area contributed by atoms with Crippen molar-refractivity contribution in [2.24, 2.45) is 0 Å². The molecule has 0 saturated carbocycles. The van der Waals surface area contributed by atoms with E-state index in [-0.39, 0.29) is 5.91 Å². The number of halogens is 1. The summed E-state index contributed by atoms with van der Waals surface area (Å²) in [4.78, 5) is 35.1. The first-order valence-electron chi connectivity index (χ1n) is 11.3. The van der Waals surface area contributed by atoms with E-state index in [0.717, 1.165) is 25.5 Å². The maximum atomic E-state index is 13.7. The van der Waals surface area contributed by atoms with Crippen molar-refractivity contribution in [3.63, 3.8) is 0 Å². The SMILES string of the molecule is COc1ccc(C2Nc3ccc(I)cc3C(=O)N2NC(=O)c2ccncc2)cc1CSc1ccccn1. The predicted octanol–water partition coefficient (Wildman–Crippen LogP) is 5.29. The summed E-state index contributed by atoms with van der Waals surface area (Å²) in [5.74, 6) is 0.639. The van der Waals surface area contributed by atoms with Crippen LogP contribution in [0.25, 0.3) is 0 Å². The Morgan fingerprint density at radius 3 is 2.70 bits per heavy atom. The molecule has 0 bridgehead atoms. The van der Waals surface area contributed by atoms with Gasteiger partial charge in [-0.05, 0) is 82.8 Å². The van der Waals surface area contributed by atoms with Crippen molar-refractivity contribution in [1.82, 2.24) is 20.4 Å². The lowest BCUT2D eigenvalue weighted by Crippen LogP contribution is -2.52. The van der Waals surface area contributed by atoms with Gasteiger partial charge in [-0.25, -0.2) is 9.99 Å². The Bertz CT molecular complexity index is 1440. The van der Waals surface area contributed by atoms with Crippen molar-refractivity contribution >= 4 is 51.9 Å². The number of fused-ring (bicyclic) bond motifs is 1. The molecule has 0 spiro atoms. The van der Waals surface area contributed by atoms with Crippen LogP contribution in [0.2, 0.25) is 0 Å². The van der Waals surface area contributed by atoms with Crippen LogP contribution < -0.4 is 15.5 Å². The zero-order valence-electron chi connectivity index (χ0n) is 19.7. The van der Waals surface area contributed by atoms with E-state index in [0.29, 0.717) is 22.6 Å². The lowest BCUT2D eigenvalue weighted by molar-refractivity contribution is 0.0490. The van der Waals surface area contributed by atoms with E-state index in [4.69, 9.17) is 4.74 Å². The number of methoxy groups -OCH3 is 1. The molecule has 2 aromatic carbocycles. The maximum absolute atomic E-state index is 13.7. The Kier molecular flexibility index (Phi) is 7.56. The molecule has 5 rings (SSSR count). The van der Waals surface area contributed by atoms with E-state index in [1.54, 1.807) is 43.3 Å². The third-order valence-corrected chi connectivity index (χ3v) is 7.44. The van der Waals surface area contributed by atoms with Crippen molar-refractivity contribution in [3.8, 4) is 5.75 Å². The van der Waals surface area contributed by atoms with E-state index < -0.39 is 12.1 Å². The molecule has 2 N–H and O–H groups in total. The van der Waals surface area contributed by atoms with Crippen LogP contribution in [-0.2, 0) is 5.75 Å². The molecule has 1 aliphatic rings. The summed E-state index contributed by atoms with van der Waals surface area (Å²) in [7, 11) is 1.63. The number of carbonyl (C=O) groups excluding carboxylic acids is 2. The molecule has 1 unspecified atom stereocenters. The van der Waals surface area contributed by atoms with Crippen molar-refractivity contribution in [2.75, 3.05) is 12.4 Å². The average molecular weight is 623 g/mol. The number of anilines is 1. The number of amides is 2. The van der Waals surface area contributed by atoms with E-state index in [1.165, 1.54) is 17.4 Å². The number of nitrogens with zero attached hydrogens (tertiary/aromatic N) is 3. The van der Waals surface area contributed by atoms with Gasteiger partial charge in [-0.1, -0.05) is 12.1 Å². The number of ether oxygens (including phenoxy) is 1. The second-order valence-electron chi connectivity index (χ2n) is 8.12. The number of pyridine rings is 2. The monoisotopic (exact) mass is 623 g/mol. The van der Waals surface area contributed by atoms with Gasteiger partial charge in [-0.3, -0.25) is 20.0 Å². The molecule has 0 saturated heterocycles. The van der Waals surface area contributed by atoms with Gasteiger partial charge in [-0.2, -0.15) is 0 Å². The Morgan fingerprint density at radius 1 is 1.11 bits per heavy atom. The lowest BCUT2D eigenvalue weighted by atomic mass is 10.0. The van der Waals surface area contributed by atoms with Gasteiger partial charge >= 0.3 is 0 Å². The zero-order valence-corrected chi connectivity index (χ0v) is 22.7. The minimum absolute atomic E-state index is 0.306. The van der Waals surface area contributed by atoms with Crippen LogP contribution >= 0.6 is 34.4 Å². The highest BCUT2D eigenvalue weighted by Crippen LogP contribution is 2.36. The fraction of sp³-hybridized carbons (Fsp3) is 0.111. The Morgan fingerprint density at radius 2 is 1.95 bits per heavy atom. The van der Waals surface area contributed by atoms with Crippen molar-refractivity contribution < 1.29 is 14.3 Å². The fourth-order valence-corrected chi connectivity index (χ4v) is 5.30. The Labute approximate surface area is 232 Å². The van der Waals surface area contributed by atoms with Gasteiger partial charge in [0.1, 0.15) is 11.9 Å². The predicted molar refractivity (Wildman–Crippen MR) is 150 cm³/mol. The molecular weight excluding hydrogens is 601 g/mol. The number of thioether (sulfide) groups is 1. The highest BCUT2D eigenvalue weighted by molar-refractivity contribution is 14.1. The number of nitrogens with one attached hydrogen (secondary N) is 2. The van der Waals surface area contributed by atoms with Crippen LogP contribution in [0.5, 0.6) is 5.75 Å². The summed E-state index contributed by atoms with van der Waals surface area (Å²) in [6, 6.07) is 20.4. The van der Waals surface area contributed by atoms with Crippen LogP contribution in [-0.4, -0.2) is 33.9 Å². The number of carbonyl (C=O) groups is 2. The third kappa shape index (κ3) is 5.54. The molecule has 0 aliphatic carbocycles. The summed E-state index contributed by atoms with van der Waals surface area (Å²) < 4.78 is 6.52. The summed E-state index contributed by atoms with van der Waals surface area (Å²) >= 11 is 3.76. The van der Waals surface area contributed by atoms with E-state index in [1.807, 2.05) is 48.5 Å². The molecule has 186 valence electrons. The first-order valence-corrected chi connectivity index (χ1v) is 13.4. The van der Waals surface area contributed by atoms with Gasteiger partial charge in [0.25, 0.3) is 11.8 Å². The summed E-state index contributed by atoms with van der Waals surface area (Å²) in [5, 5.41) is 5.68. The summed E-state index contributed by atoms with van der Waals surface area (Å²) in [5.41, 5.74) is 6.13. The standard InChI is InChI=1S/C27H22IN5O3S/c1-36-23-8-5-18(14-19(23)16-37-24-4-2-3-11-30-24)25-31-22-7-6-20(28)15-21(22)27(35)33(25)32-26(34)17-9-12-29-13-10-17/h2-15,25,31H,16H2,1H3,(H,32,34). The molecule has 2 aromatic heterocycles. The van der Waals surface area contributed by atoms with E-state index in [2.05, 4.69) is 43.3 Å². The molecule has 37 heavy (non-hydrogen) atoms. The first kappa shape index (κ1) is 25.0. The highest BCUT2D eigenvalue weighted by Gasteiger charge is 2.35. The third-order valence-electron chi connectivity index (χ3n) is 5.78. The minimum Gasteiger partial charge on any atom is -0.496 e. The van der Waals surface area contributed by atoms with Crippen LogP contribution in [0, 0.1) is 3.57 Å². The van der Waals surface area contributed by atoms with Gasteiger partial charge in [0.2, 0.25) is 0 Å². The van der Waals surface area contributed by atoms with Crippen LogP contribution in [0.4, 0.5) is 5.69 Å². The van der Waals surface area contributed by atoms with Crippen LogP contribution in [0.15, 0.2) is 90.3 Å². The number of hydrazine groups is 1. The van der Waals surface area contributed by atoms with E-state index >= 15 is 0 Å². The molecule has 4 aromatic rings. The quantitative estimate of drug-likeness (QED) is 0.213. The van der Waals surface area contributed by atoms with Crippen molar-refractivity contribution in [3.05, 3.63) is 111 Å². The summed E-state index contributed by atoms with van der Waals surface area (Å²) in [6.45, 7) is 0. The van der Waals surface area contributed by atoms with Crippen LogP contribution in [0.3, 0.4) is 0 Å². The van der Waals surface area contributed by atoms with Gasteiger partial charge in [-0.15, -0.1) is 11.8 Å². The lowest BCUT2D eigenvalue weighted by Gasteiger charge is -2.38. The molecule has 10 heteroatoms. The molecule has 0 fully saturated rings. The fourth-order valence-electron chi connectivity index (χ4n) is 3.97. The van der Waals surface area contributed by atoms with Crippen LogP contribution in [0.1, 0.15) is 38.0 Å². The number of aromatic nitrogens is 2. The average Bonchev–Trinajstić information content (AvgIpc) is 2.94. The number of hydrogen-bond acceptors (Lipinski definition) is 7. The van der Waals surface area contributed by atoms with Crippen molar-refractivity contribution in [1.29, 1.82) is 0 Å². The number of hydrogen-bond donors (Lipinski definition) is 2. The maximum Gasteiger partial charge on any atom is 0.276 e. The molecule has 3 heterocycles. The number of rotatable bonds is 7. The van der Waals surface area contributed by atoms with Gasteiger partial charge in [0.15, 0.2) is 0 Å². The second kappa shape index (κ2) is 11.2.